The van der Waals surface area contributed by atoms with Gasteiger partial charge in [-0.05, 0) is 18.6 Å². The van der Waals surface area contributed by atoms with Gasteiger partial charge in [0.2, 0.25) is 0 Å². The number of nitrogens with one attached hydrogen (secondary N) is 2. The van der Waals surface area contributed by atoms with Crippen LogP contribution in [-0.4, -0.2) is 16.1 Å². The number of amides is 1. The number of benzene rings is 1. The number of hydrogen-bond acceptors (Lipinski definition) is 2. The van der Waals surface area contributed by atoms with Gasteiger partial charge in [0, 0.05) is 11.8 Å². The smallest absolute Gasteiger partial charge is 0.261 e. The number of carbonyl (C=O) groups excluding carboxylic acids is 1. The Balaban J connectivity index is 2.16. The largest absolute Gasteiger partial charge is 0.305 e. The van der Waals surface area contributed by atoms with Gasteiger partial charge in [0.25, 0.3) is 5.91 Å². The van der Waals surface area contributed by atoms with Crippen molar-refractivity contribution in [2.45, 2.75) is 19.8 Å². The zero-order chi connectivity index (χ0) is 13.8. The molecule has 0 bridgehead atoms. The molecular formula is C13H13ClFN3O. The highest BCUT2D eigenvalue weighted by atomic mass is 35.5. The molecule has 0 aliphatic heterocycles. The van der Waals surface area contributed by atoms with E-state index in [4.69, 9.17) is 11.6 Å². The molecule has 19 heavy (non-hydrogen) atoms. The number of hydrogen-bond donors (Lipinski definition) is 2. The molecule has 100 valence electrons. The van der Waals surface area contributed by atoms with Crippen LogP contribution in [-0.2, 0) is 6.42 Å². The molecule has 0 saturated heterocycles. The third-order valence-corrected chi connectivity index (χ3v) is 2.90. The first kappa shape index (κ1) is 13.5. The Morgan fingerprint density at radius 1 is 1.53 bits per heavy atom. The van der Waals surface area contributed by atoms with Gasteiger partial charge in [-0.1, -0.05) is 31.0 Å². The Morgan fingerprint density at radius 3 is 3.00 bits per heavy atom. The number of halogens is 2. The molecule has 0 aliphatic carbocycles. The topological polar surface area (TPSA) is 57.8 Å². The number of aromatic amines is 1. The van der Waals surface area contributed by atoms with Crippen LogP contribution in [0.4, 0.5) is 10.2 Å². The fourth-order valence-electron chi connectivity index (χ4n) is 1.72. The van der Waals surface area contributed by atoms with E-state index < -0.39 is 11.7 Å². The van der Waals surface area contributed by atoms with Crippen LogP contribution in [0.15, 0.2) is 24.3 Å². The summed E-state index contributed by atoms with van der Waals surface area (Å²) in [6.45, 7) is 2.04. The lowest BCUT2D eigenvalue weighted by Gasteiger charge is -2.04. The van der Waals surface area contributed by atoms with Crippen molar-refractivity contribution in [3.05, 3.63) is 46.4 Å². The van der Waals surface area contributed by atoms with Gasteiger partial charge >= 0.3 is 0 Å². The van der Waals surface area contributed by atoms with Crippen LogP contribution < -0.4 is 5.32 Å². The molecule has 0 aliphatic rings. The van der Waals surface area contributed by atoms with Crippen LogP contribution in [0.25, 0.3) is 0 Å². The Hall–Kier alpha value is -1.88. The first-order chi connectivity index (χ1) is 9.11. The predicted octanol–water partition coefficient (Wildman–Crippen LogP) is 3.41. The first-order valence-electron chi connectivity index (χ1n) is 5.91. The average molecular weight is 282 g/mol. The quantitative estimate of drug-likeness (QED) is 0.902. The molecule has 0 spiro atoms. The van der Waals surface area contributed by atoms with Crippen molar-refractivity contribution in [3.8, 4) is 0 Å². The number of anilines is 1. The summed E-state index contributed by atoms with van der Waals surface area (Å²) in [5, 5.41) is 9.32. The lowest BCUT2D eigenvalue weighted by molar-refractivity contribution is 0.102. The third kappa shape index (κ3) is 3.12. The second-order valence-electron chi connectivity index (χ2n) is 4.08. The number of aromatic nitrogens is 2. The molecule has 0 unspecified atom stereocenters. The molecule has 2 rings (SSSR count). The van der Waals surface area contributed by atoms with E-state index in [2.05, 4.69) is 15.5 Å². The number of rotatable bonds is 4. The maximum absolute atomic E-state index is 13.6. The van der Waals surface area contributed by atoms with Crippen LogP contribution in [0.3, 0.4) is 0 Å². The molecule has 0 atom stereocenters. The minimum Gasteiger partial charge on any atom is -0.305 e. The van der Waals surface area contributed by atoms with Crippen LogP contribution >= 0.6 is 11.6 Å². The SMILES string of the molecule is CCCc1cc(NC(=O)c2c(F)cccc2Cl)n[nH]1. The van der Waals surface area contributed by atoms with E-state index in [1.54, 1.807) is 6.07 Å². The van der Waals surface area contributed by atoms with Crippen molar-refractivity contribution in [3.63, 3.8) is 0 Å². The van der Waals surface area contributed by atoms with Gasteiger partial charge in [-0.3, -0.25) is 9.89 Å². The third-order valence-electron chi connectivity index (χ3n) is 2.58. The van der Waals surface area contributed by atoms with Crippen molar-refractivity contribution < 1.29 is 9.18 Å². The zero-order valence-corrected chi connectivity index (χ0v) is 11.1. The Bertz CT molecular complexity index is 577. The van der Waals surface area contributed by atoms with Crippen LogP contribution in [0.1, 0.15) is 29.4 Å². The van der Waals surface area contributed by atoms with Crippen LogP contribution in [0.2, 0.25) is 5.02 Å². The fraction of sp³-hybridized carbons (Fsp3) is 0.231. The minimum atomic E-state index is -0.658. The average Bonchev–Trinajstić information content (AvgIpc) is 2.77. The summed E-state index contributed by atoms with van der Waals surface area (Å²) in [4.78, 5) is 11.9. The highest BCUT2D eigenvalue weighted by Crippen LogP contribution is 2.20. The van der Waals surface area contributed by atoms with E-state index >= 15 is 0 Å². The van der Waals surface area contributed by atoms with E-state index in [0.29, 0.717) is 5.82 Å². The lowest BCUT2D eigenvalue weighted by Crippen LogP contribution is -2.14. The molecule has 0 radical (unpaired) electrons. The summed E-state index contributed by atoms with van der Waals surface area (Å²) < 4.78 is 13.6. The predicted molar refractivity (Wildman–Crippen MR) is 71.9 cm³/mol. The van der Waals surface area contributed by atoms with E-state index in [1.807, 2.05) is 6.92 Å². The fourth-order valence-corrected chi connectivity index (χ4v) is 1.97. The maximum Gasteiger partial charge on any atom is 0.261 e. The molecule has 1 heterocycles. The van der Waals surface area contributed by atoms with Crippen molar-refractivity contribution >= 4 is 23.3 Å². The van der Waals surface area contributed by atoms with Crippen molar-refractivity contribution in [1.29, 1.82) is 0 Å². The van der Waals surface area contributed by atoms with Crippen LogP contribution in [0.5, 0.6) is 0 Å². The highest BCUT2D eigenvalue weighted by molar-refractivity contribution is 6.34. The van der Waals surface area contributed by atoms with Gasteiger partial charge in [0.1, 0.15) is 5.82 Å². The Labute approximate surface area is 115 Å². The van der Waals surface area contributed by atoms with E-state index in [1.165, 1.54) is 18.2 Å². The monoisotopic (exact) mass is 281 g/mol. The summed E-state index contributed by atoms with van der Waals surface area (Å²) in [5.74, 6) is -0.917. The summed E-state index contributed by atoms with van der Waals surface area (Å²) in [7, 11) is 0. The van der Waals surface area contributed by atoms with Gasteiger partial charge in [-0.15, -0.1) is 0 Å². The summed E-state index contributed by atoms with van der Waals surface area (Å²) in [6, 6.07) is 5.82. The summed E-state index contributed by atoms with van der Waals surface area (Å²) in [6.07, 6.45) is 1.80. The zero-order valence-electron chi connectivity index (χ0n) is 10.3. The van der Waals surface area contributed by atoms with Gasteiger partial charge < -0.3 is 5.32 Å². The van der Waals surface area contributed by atoms with Crippen LogP contribution in [0, 0.1) is 5.82 Å². The van der Waals surface area contributed by atoms with Crippen molar-refractivity contribution in [2.75, 3.05) is 5.32 Å². The molecule has 0 saturated carbocycles. The second kappa shape index (κ2) is 5.84. The number of aryl methyl sites for hydroxylation is 1. The molecule has 1 amide bonds. The lowest BCUT2D eigenvalue weighted by atomic mass is 10.2. The number of nitrogens with zero attached hydrogens (tertiary/aromatic N) is 1. The van der Waals surface area contributed by atoms with Gasteiger partial charge in [-0.25, -0.2) is 4.39 Å². The van der Waals surface area contributed by atoms with E-state index in [-0.39, 0.29) is 10.6 Å². The molecule has 6 heteroatoms. The van der Waals surface area contributed by atoms with Gasteiger partial charge in [-0.2, -0.15) is 5.10 Å². The molecular weight excluding hydrogens is 269 g/mol. The van der Waals surface area contributed by atoms with E-state index in [9.17, 15) is 9.18 Å². The number of carbonyl (C=O) groups is 1. The van der Waals surface area contributed by atoms with Crippen molar-refractivity contribution in [1.82, 2.24) is 10.2 Å². The standard InChI is InChI=1S/C13H13ClFN3O/c1-2-4-8-7-11(18-17-8)16-13(19)12-9(14)5-3-6-10(12)15/h3,5-7H,2,4H2,1H3,(H2,16,17,18,19). The first-order valence-corrected chi connectivity index (χ1v) is 6.29. The molecule has 2 N–H and O–H groups in total. The number of H-pyrrole nitrogens is 1. The summed E-state index contributed by atoms with van der Waals surface area (Å²) in [5.41, 5.74) is 0.738. The highest BCUT2D eigenvalue weighted by Gasteiger charge is 2.16. The Kier molecular flexibility index (Phi) is 4.16. The van der Waals surface area contributed by atoms with Gasteiger partial charge in [0.05, 0.1) is 10.6 Å². The molecule has 4 nitrogen and oxygen atoms in total. The normalized spacial score (nSPS) is 10.5. The van der Waals surface area contributed by atoms with Crippen molar-refractivity contribution in [2.24, 2.45) is 0 Å². The second-order valence-corrected chi connectivity index (χ2v) is 4.49. The molecule has 2 aromatic rings. The van der Waals surface area contributed by atoms with E-state index in [0.717, 1.165) is 18.5 Å². The molecule has 1 aromatic heterocycles. The summed E-state index contributed by atoms with van der Waals surface area (Å²) >= 11 is 5.82. The maximum atomic E-state index is 13.6. The molecule has 0 fully saturated rings. The minimum absolute atomic E-state index is 0.0711. The van der Waals surface area contributed by atoms with Gasteiger partial charge in [0.15, 0.2) is 5.82 Å². The molecule has 1 aromatic carbocycles. The Morgan fingerprint density at radius 2 is 2.32 bits per heavy atom.